The first-order valence-electron chi connectivity index (χ1n) is 7.26. The van der Waals surface area contributed by atoms with Crippen LogP contribution in [0.15, 0.2) is 54.6 Å². The minimum atomic E-state index is -0.106. The summed E-state index contributed by atoms with van der Waals surface area (Å²) in [6.45, 7) is 2.53. The van der Waals surface area contributed by atoms with Crippen LogP contribution >= 0.6 is 0 Å². The second-order valence-electron chi connectivity index (χ2n) is 5.12. The van der Waals surface area contributed by atoms with Gasteiger partial charge in [0.1, 0.15) is 0 Å². The first-order valence-corrected chi connectivity index (χ1v) is 7.26. The lowest BCUT2D eigenvalue weighted by atomic mass is 9.98. The van der Waals surface area contributed by atoms with Crippen LogP contribution in [0.25, 0.3) is 0 Å². The van der Waals surface area contributed by atoms with Gasteiger partial charge in [-0.2, -0.15) is 0 Å². The smallest absolute Gasteiger partial charge is 0.234 e. The van der Waals surface area contributed by atoms with E-state index in [1.54, 1.807) is 0 Å². The van der Waals surface area contributed by atoms with E-state index in [1.165, 1.54) is 5.56 Å². The van der Waals surface area contributed by atoms with E-state index in [9.17, 15) is 4.79 Å². The molecule has 3 nitrogen and oxygen atoms in total. The van der Waals surface area contributed by atoms with Gasteiger partial charge >= 0.3 is 0 Å². The van der Waals surface area contributed by atoms with E-state index in [2.05, 4.69) is 59.9 Å². The third kappa shape index (κ3) is 4.47. The summed E-state index contributed by atoms with van der Waals surface area (Å²) in [5.41, 5.74) is 3.46. The molecular weight excluding hydrogens is 272 g/mol. The zero-order valence-corrected chi connectivity index (χ0v) is 12.7. The monoisotopic (exact) mass is 292 g/mol. The van der Waals surface area contributed by atoms with Gasteiger partial charge in [0.2, 0.25) is 5.91 Å². The van der Waals surface area contributed by atoms with Gasteiger partial charge < -0.3 is 5.32 Å². The van der Waals surface area contributed by atoms with Crippen LogP contribution in [-0.2, 0) is 4.79 Å². The Bertz CT molecular complexity index is 641. The predicted molar refractivity (Wildman–Crippen MR) is 89.3 cm³/mol. The zero-order valence-electron chi connectivity index (χ0n) is 12.7. The number of nitrogens with one attached hydrogen (secondary N) is 2. The minimum Gasteiger partial charge on any atom is -0.344 e. The summed E-state index contributed by atoms with van der Waals surface area (Å²) in [5.74, 6) is 2.29. The maximum atomic E-state index is 11.8. The van der Waals surface area contributed by atoms with Crippen LogP contribution in [-0.4, -0.2) is 19.0 Å². The maximum Gasteiger partial charge on any atom is 0.234 e. The summed E-state index contributed by atoms with van der Waals surface area (Å²) >= 11 is 0. The second-order valence-corrected chi connectivity index (χ2v) is 5.12. The molecular formula is C19H20N2O. The predicted octanol–water partition coefficient (Wildman–Crippen LogP) is 2.42. The van der Waals surface area contributed by atoms with Gasteiger partial charge in [-0.1, -0.05) is 66.1 Å². The van der Waals surface area contributed by atoms with Gasteiger partial charge in [0, 0.05) is 0 Å². The molecule has 2 aromatic carbocycles. The van der Waals surface area contributed by atoms with Crippen LogP contribution < -0.4 is 10.6 Å². The number of hydrogen-bond donors (Lipinski definition) is 2. The Hall–Kier alpha value is -2.57. The second kappa shape index (κ2) is 8.02. The van der Waals surface area contributed by atoms with Crippen LogP contribution in [0.1, 0.15) is 22.7 Å². The van der Waals surface area contributed by atoms with Crippen LogP contribution in [0.5, 0.6) is 0 Å². The third-order valence-corrected chi connectivity index (χ3v) is 3.40. The lowest BCUT2D eigenvalue weighted by Gasteiger charge is -2.20. The minimum absolute atomic E-state index is 0.0293. The number of carbonyl (C=O) groups excluding carboxylic acids is 1. The zero-order chi connectivity index (χ0) is 15.8. The number of aryl methyl sites for hydroxylation is 1. The Labute approximate surface area is 131 Å². The van der Waals surface area contributed by atoms with E-state index in [-0.39, 0.29) is 25.0 Å². The highest BCUT2D eigenvalue weighted by atomic mass is 16.1. The average molecular weight is 292 g/mol. The van der Waals surface area contributed by atoms with Crippen molar-refractivity contribution in [3.8, 4) is 12.3 Å². The van der Waals surface area contributed by atoms with E-state index >= 15 is 0 Å². The van der Waals surface area contributed by atoms with E-state index < -0.39 is 0 Å². The Morgan fingerprint density at radius 1 is 1.09 bits per heavy atom. The SMILES string of the molecule is C#CCNC(=O)CN[C@H](c1ccccc1)c1ccc(C)cc1. The van der Waals surface area contributed by atoms with Gasteiger partial charge in [-0.3, -0.25) is 10.1 Å². The molecule has 2 aromatic rings. The molecule has 2 rings (SSSR count). The summed E-state index contributed by atoms with van der Waals surface area (Å²) in [6.07, 6.45) is 5.14. The number of amides is 1. The van der Waals surface area contributed by atoms with Crippen molar-refractivity contribution in [3.05, 3.63) is 71.3 Å². The van der Waals surface area contributed by atoms with Gasteiger partial charge in [0.25, 0.3) is 0 Å². The number of hydrogen-bond acceptors (Lipinski definition) is 2. The van der Waals surface area contributed by atoms with Crippen molar-refractivity contribution in [2.45, 2.75) is 13.0 Å². The maximum absolute atomic E-state index is 11.8. The van der Waals surface area contributed by atoms with Crippen LogP contribution in [0.2, 0.25) is 0 Å². The Kier molecular flexibility index (Phi) is 5.76. The fourth-order valence-corrected chi connectivity index (χ4v) is 2.24. The normalized spacial score (nSPS) is 11.5. The molecule has 0 aliphatic rings. The van der Waals surface area contributed by atoms with E-state index in [0.29, 0.717) is 0 Å². The third-order valence-electron chi connectivity index (χ3n) is 3.40. The van der Waals surface area contributed by atoms with Crippen molar-refractivity contribution in [2.75, 3.05) is 13.1 Å². The molecule has 112 valence electrons. The summed E-state index contributed by atoms with van der Waals surface area (Å²) in [5, 5.41) is 5.96. The molecule has 0 unspecified atom stereocenters. The van der Waals surface area contributed by atoms with Crippen molar-refractivity contribution < 1.29 is 4.79 Å². The fourth-order valence-electron chi connectivity index (χ4n) is 2.24. The average Bonchev–Trinajstić information content (AvgIpc) is 2.55. The highest BCUT2D eigenvalue weighted by molar-refractivity contribution is 5.78. The number of terminal acetylenes is 1. The van der Waals surface area contributed by atoms with E-state index in [0.717, 1.165) is 11.1 Å². The molecule has 0 fully saturated rings. The Morgan fingerprint density at radius 2 is 1.73 bits per heavy atom. The lowest BCUT2D eigenvalue weighted by molar-refractivity contribution is -0.120. The summed E-state index contributed by atoms with van der Waals surface area (Å²) in [7, 11) is 0. The summed E-state index contributed by atoms with van der Waals surface area (Å²) in [4.78, 5) is 11.8. The van der Waals surface area contributed by atoms with Crippen LogP contribution in [0.4, 0.5) is 0 Å². The molecule has 2 N–H and O–H groups in total. The van der Waals surface area contributed by atoms with E-state index in [1.807, 2.05) is 18.2 Å². The number of benzene rings is 2. The Morgan fingerprint density at radius 3 is 2.36 bits per heavy atom. The van der Waals surface area contributed by atoms with Crippen molar-refractivity contribution in [1.82, 2.24) is 10.6 Å². The molecule has 0 aliphatic carbocycles. The molecule has 0 radical (unpaired) electrons. The lowest BCUT2D eigenvalue weighted by Crippen LogP contribution is -2.36. The molecule has 0 heterocycles. The summed E-state index contributed by atoms with van der Waals surface area (Å²) < 4.78 is 0. The van der Waals surface area contributed by atoms with Gasteiger partial charge in [0.15, 0.2) is 0 Å². The Balaban J connectivity index is 2.14. The number of carbonyl (C=O) groups is 1. The highest BCUT2D eigenvalue weighted by Crippen LogP contribution is 2.22. The van der Waals surface area contributed by atoms with Crippen molar-refractivity contribution in [3.63, 3.8) is 0 Å². The molecule has 0 bridgehead atoms. The van der Waals surface area contributed by atoms with Crippen LogP contribution in [0.3, 0.4) is 0 Å². The molecule has 3 heteroatoms. The van der Waals surface area contributed by atoms with Gasteiger partial charge in [-0.05, 0) is 18.1 Å². The largest absolute Gasteiger partial charge is 0.344 e. The quantitative estimate of drug-likeness (QED) is 0.803. The molecule has 1 atom stereocenters. The first-order chi connectivity index (χ1) is 10.7. The van der Waals surface area contributed by atoms with Crippen molar-refractivity contribution in [2.24, 2.45) is 0 Å². The van der Waals surface area contributed by atoms with Crippen molar-refractivity contribution in [1.29, 1.82) is 0 Å². The standard InChI is InChI=1S/C19H20N2O/c1-3-13-20-18(22)14-21-19(16-7-5-4-6-8-16)17-11-9-15(2)10-12-17/h1,4-12,19,21H,13-14H2,2H3,(H,20,22)/t19-/m1/s1. The van der Waals surface area contributed by atoms with Crippen LogP contribution in [0, 0.1) is 19.3 Å². The molecule has 0 saturated carbocycles. The van der Waals surface area contributed by atoms with Gasteiger partial charge in [-0.15, -0.1) is 6.42 Å². The molecule has 1 amide bonds. The summed E-state index contributed by atoms with van der Waals surface area (Å²) in [6, 6.07) is 18.4. The topological polar surface area (TPSA) is 41.1 Å². The van der Waals surface area contributed by atoms with Gasteiger partial charge in [-0.25, -0.2) is 0 Å². The molecule has 22 heavy (non-hydrogen) atoms. The fraction of sp³-hybridized carbons (Fsp3) is 0.211. The van der Waals surface area contributed by atoms with E-state index in [4.69, 9.17) is 6.42 Å². The van der Waals surface area contributed by atoms with Crippen molar-refractivity contribution >= 4 is 5.91 Å². The highest BCUT2D eigenvalue weighted by Gasteiger charge is 2.14. The molecule has 0 spiro atoms. The number of rotatable bonds is 6. The molecule has 0 saturated heterocycles. The molecule has 0 aromatic heterocycles. The van der Waals surface area contributed by atoms with Gasteiger partial charge in [0.05, 0.1) is 19.1 Å². The molecule has 0 aliphatic heterocycles. The first kappa shape index (κ1) is 15.8.